The van der Waals surface area contributed by atoms with Crippen LogP contribution in [0.4, 0.5) is 0 Å². The summed E-state index contributed by atoms with van der Waals surface area (Å²) >= 11 is 0. The van der Waals surface area contributed by atoms with Gasteiger partial charge in [0.1, 0.15) is 22.7 Å². The number of hydrogen-bond acceptors (Lipinski definition) is 4. The van der Waals surface area contributed by atoms with Crippen molar-refractivity contribution in [3.8, 4) is 5.75 Å². The smallest absolute Gasteiger partial charge is 0.342 e. The third-order valence-electron chi connectivity index (χ3n) is 3.57. The molecule has 0 fully saturated rings. The number of rotatable bonds is 3. The second-order valence-corrected chi connectivity index (χ2v) is 6.06. The van der Waals surface area contributed by atoms with Crippen LogP contribution in [0, 0.1) is 0 Å². The summed E-state index contributed by atoms with van der Waals surface area (Å²) in [6, 6.07) is 5.87. The van der Waals surface area contributed by atoms with Crippen molar-refractivity contribution in [3.05, 3.63) is 57.3 Å². The molecule has 0 saturated carbocycles. The fourth-order valence-corrected chi connectivity index (χ4v) is 2.55. The van der Waals surface area contributed by atoms with E-state index in [1.54, 1.807) is 6.08 Å². The van der Waals surface area contributed by atoms with Gasteiger partial charge in [-0.2, -0.15) is 0 Å². The maximum atomic E-state index is 11.6. The predicted molar refractivity (Wildman–Crippen MR) is 85.6 cm³/mol. The second kappa shape index (κ2) is 5.39. The van der Waals surface area contributed by atoms with Gasteiger partial charge in [0.2, 0.25) is 0 Å². The molecule has 2 aromatic rings. The van der Waals surface area contributed by atoms with Crippen LogP contribution in [0.1, 0.15) is 41.2 Å². The van der Waals surface area contributed by atoms with Gasteiger partial charge in [-0.05, 0) is 43.2 Å². The number of carboxylic acids is 1. The summed E-state index contributed by atoms with van der Waals surface area (Å²) in [5.74, 6) is -0.0999. The van der Waals surface area contributed by atoms with Crippen molar-refractivity contribution < 1.29 is 14.6 Å². The van der Waals surface area contributed by atoms with Crippen LogP contribution in [0.3, 0.4) is 0 Å². The highest BCUT2D eigenvalue weighted by molar-refractivity contribution is 5.86. The van der Waals surface area contributed by atoms with E-state index in [0.29, 0.717) is 5.82 Å². The van der Waals surface area contributed by atoms with E-state index < -0.39 is 11.5 Å². The first kappa shape index (κ1) is 15.0. The first-order valence-electron chi connectivity index (χ1n) is 7.17. The molecule has 0 radical (unpaired) electrons. The Hall–Kier alpha value is -2.89. The maximum Gasteiger partial charge on any atom is 0.342 e. The molecule has 0 unspecified atom stereocenters. The topological polar surface area (TPSA) is 92.3 Å². The summed E-state index contributed by atoms with van der Waals surface area (Å²) in [5.41, 5.74) is 0.856. The van der Waals surface area contributed by atoms with Crippen LogP contribution < -0.4 is 10.3 Å². The zero-order chi connectivity index (χ0) is 16.6. The van der Waals surface area contributed by atoms with Crippen molar-refractivity contribution in [3.63, 3.8) is 0 Å². The van der Waals surface area contributed by atoms with E-state index >= 15 is 0 Å². The zero-order valence-corrected chi connectivity index (χ0v) is 12.8. The molecular weight excluding hydrogens is 296 g/mol. The number of carboxylic acid groups (broad SMARTS) is 1. The number of carbonyl (C=O) groups is 1. The minimum atomic E-state index is -1.30. The lowest BCUT2D eigenvalue weighted by Crippen LogP contribution is -2.24. The largest absolute Gasteiger partial charge is 0.487 e. The first-order valence-corrected chi connectivity index (χ1v) is 7.17. The number of aromatic nitrogens is 2. The first-order chi connectivity index (χ1) is 10.8. The van der Waals surface area contributed by atoms with E-state index in [4.69, 9.17) is 9.84 Å². The Kier molecular flexibility index (Phi) is 3.52. The molecule has 0 atom stereocenters. The lowest BCUT2D eigenvalue weighted by atomic mass is 10.00. The second-order valence-electron chi connectivity index (χ2n) is 6.06. The quantitative estimate of drug-likeness (QED) is 0.907. The summed E-state index contributed by atoms with van der Waals surface area (Å²) in [6.45, 7) is 4.09. The van der Waals surface area contributed by atoms with Crippen LogP contribution >= 0.6 is 0 Å². The van der Waals surface area contributed by atoms with Gasteiger partial charge in [-0.15, -0.1) is 0 Å². The molecule has 0 saturated heterocycles. The molecule has 118 valence electrons. The summed E-state index contributed by atoms with van der Waals surface area (Å²) in [4.78, 5) is 28.7. The molecule has 0 aliphatic carbocycles. The van der Waals surface area contributed by atoms with E-state index in [2.05, 4.69) is 9.97 Å². The standard InChI is InChI=1S/C17H16N2O4/c1-17(2)8-11-7-10(3-5-13(11)23-17)4-6-14-18-9-12(16(21)22)15(20)19-14/h3-7,9H,8H2,1-2H3,(H,21,22)(H,18,19,20). The van der Waals surface area contributed by atoms with Gasteiger partial charge in [0.05, 0.1) is 0 Å². The molecule has 1 aliphatic rings. The van der Waals surface area contributed by atoms with Gasteiger partial charge in [0, 0.05) is 12.6 Å². The van der Waals surface area contributed by atoms with Gasteiger partial charge in [-0.1, -0.05) is 12.1 Å². The average molecular weight is 312 g/mol. The van der Waals surface area contributed by atoms with Gasteiger partial charge in [-0.25, -0.2) is 9.78 Å². The number of hydrogen-bond donors (Lipinski definition) is 2. The molecule has 6 nitrogen and oxygen atoms in total. The molecular formula is C17H16N2O4. The number of nitrogens with zero attached hydrogens (tertiary/aromatic N) is 1. The lowest BCUT2D eigenvalue weighted by Gasteiger charge is -2.16. The monoisotopic (exact) mass is 312 g/mol. The molecule has 6 heteroatoms. The Balaban J connectivity index is 1.83. The summed E-state index contributed by atoms with van der Waals surface area (Å²) in [7, 11) is 0. The van der Waals surface area contributed by atoms with Crippen molar-refractivity contribution >= 4 is 18.1 Å². The van der Waals surface area contributed by atoms with Gasteiger partial charge in [-0.3, -0.25) is 4.79 Å². The highest BCUT2D eigenvalue weighted by atomic mass is 16.5. The molecule has 3 rings (SSSR count). The number of aromatic amines is 1. The molecule has 0 bridgehead atoms. The zero-order valence-electron chi connectivity index (χ0n) is 12.8. The van der Waals surface area contributed by atoms with Gasteiger partial charge in [0.15, 0.2) is 0 Å². The Labute approximate surface area is 132 Å². The van der Waals surface area contributed by atoms with Crippen molar-refractivity contribution in [1.82, 2.24) is 9.97 Å². The molecule has 1 aromatic heterocycles. The van der Waals surface area contributed by atoms with Crippen molar-refractivity contribution in [2.75, 3.05) is 0 Å². The molecule has 2 N–H and O–H groups in total. The third-order valence-corrected chi connectivity index (χ3v) is 3.57. The Morgan fingerprint density at radius 2 is 2.17 bits per heavy atom. The molecule has 0 spiro atoms. The maximum absolute atomic E-state index is 11.6. The molecule has 1 aliphatic heterocycles. The normalized spacial score (nSPS) is 15.4. The van der Waals surface area contributed by atoms with Crippen molar-refractivity contribution in [2.24, 2.45) is 0 Å². The van der Waals surface area contributed by atoms with Crippen LogP contribution in [-0.2, 0) is 6.42 Å². The van der Waals surface area contributed by atoms with E-state index in [1.807, 2.05) is 38.1 Å². The highest BCUT2D eigenvalue weighted by Crippen LogP contribution is 2.35. The average Bonchev–Trinajstić information content (AvgIpc) is 2.77. The molecule has 2 heterocycles. The summed E-state index contributed by atoms with van der Waals surface area (Å²) < 4.78 is 5.82. The number of fused-ring (bicyclic) bond motifs is 1. The molecule has 0 amide bonds. The molecule has 1 aromatic carbocycles. The third kappa shape index (κ3) is 3.15. The minimum Gasteiger partial charge on any atom is -0.487 e. The van der Waals surface area contributed by atoms with Crippen LogP contribution in [0.15, 0.2) is 29.2 Å². The van der Waals surface area contributed by atoms with Gasteiger partial charge in [0.25, 0.3) is 5.56 Å². The van der Waals surface area contributed by atoms with Crippen LogP contribution in [-0.4, -0.2) is 26.6 Å². The van der Waals surface area contributed by atoms with E-state index in [-0.39, 0.29) is 11.2 Å². The van der Waals surface area contributed by atoms with Crippen molar-refractivity contribution in [2.45, 2.75) is 25.9 Å². The summed E-state index contributed by atoms with van der Waals surface area (Å²) in [6.07, 6.45) is 5.34. The lowest BCUT2D eigenvalue weighted by molar-refractivity contribution is 0.0694. The van der Waals surface area contributed by atoms with Crippen LogP contribution in [0.2, 0.25) is 0 Å². The van der Waals surface area contributed by atoms with Crippen LogP contribution in [0.5, 0.6) is 5.75 Å². The van der Waals surface area contributed by atoms with Crippen LogP contribution in [0.25, 0.3) is 12.2 Å². The van der Waals surface area contributed by atoms with E-state index in [9.17, 15) is 9.59 Å². The van der Waals surface area contributed by atoms with E-state index in [0.717, 1.165) is 29.5 Å². The van der Waals surface area contributed by atoms with Gasteiger partial charge >= 0.3 is 5.97 Å². The predicted octanol–water partition coefficient (Wildman–Crippen LogP) is 2.35. The summed E-state index contributed by atoms with van der Waals surface area (Å²) in [5, 5.41) is 8.81. The van der Waals surface area contributed by atoms with Crippen molar-refractivity contribution in [1.29, 1.82) is 0 Å². The molecule has 23 heavy (non-hydrogen) atoms. The Morgan fingerprint density at radius 1 is 1.39 bits per heavy atom. The number of nitrogens with one attached hydrogen (secondary N) is 1. The Bertz CT molecular complexity index is 865. The van der Waals surface area contributed by atoms with Gasteiger partial charge < -0.3 is 14.8 Å². The Morgan fingerprint density at radius 3 is 2.87 bits per heavy atom. The van der Waals surface area contributed by atoms with E-state index in [1.165, 1.54) is 0 Å². The SMILES string of the molecule is CC1(C)Cc2cc(C=Cc3ncc(C(=O)O)c(=O)[nH]3)ccc2O1. The number of H-pyrrole nitrogens is 1. The number of aromatic carboxylic acids is 1. The minimum absolute atomic E-state index is 0.190. The number of benzene rings is 1. The highest BCUT2D eigenvalue weighted by Gasteiger charge is 2.29. The fourth-order valence-electron chi connectivity index (χ4n) is 2.55. The number of ether oxygens (including phenoxy) is 1. The fraction of sp³-hybridized carbons (Fsp3) is 0.235.